The van der Waals surface area contributed by atoms with E-state index in [4.69, 9.17) is 9.47 Å². The molecule has 25 heavy (non-hydrogen) atoms. The van der Waals surface area contributed by atoms with E-state index >= 15 is 0 Å². The van der Waals surface area contributed by atoms with Crippen LogP contribution in [0.5, 0.6) is 0 Å². The normalized spacial score (nSPS) is 18.0. The van der Waals surface area contributed by atoms with Crippen LogP contribution in [0.1, 0.15) is 18.4 Å². The molecule has 2 amide bonds. The third-order valence-electron chi connectivity index (χ3n) is 4.39. The van der Waals surface area contributed by atoms with E-state index in [-0.39, 0.29) is 18.8 Å². The minimum atomic E-state index is -0.366. The first-order chi connectivity index (χ1) is 12.2. The summed E-state index contributed by atoms with van der Waals surface area (Å²) < 4.78 is 10.3. The molecule has 2 heterocycles. The number of likely N-dealkylation sites (tertiary alicyclic amines) is 1. The van der Waals surface area contributed by atoms with Crippen molar-refractivity contribution < 1.29 is 19.1 Å². The number of piperidine rings is 1. The molecule has 0 aliphatic carbocycles. The molecule has 0 atom stereocenters. The Morgan fingerprint density at radius 2 is 1.92 bits per heavy atom. The van der Waals surface area contributed by atoms with Crippen LogP contribution in [0.25, 0.3) is 0 Å². The topological polar surface area (TPSA) is 59.1 Å². The summed E-state index contributed by atoms with van der Waals surface area (Å²) in [6.45, 7) is 2.17. The highest BCUT2D eigenvalue weighted by Crippen LogP contribution is 2.20. The highest BCUT2D eigenvalue weighted by atomic mass is 16.6. The molecule has 2 aliphatic rings. The second kappa shape index (κ2) is 8.37. The molecule has 1 aromatic carbocycles. The van der Waals surface area contributed by atoms with E-state index < -0.39 is 0 Å². The van der Waals surface area contributed by atoms with Crippen molar-refractivity contribution in [2.24, 2.45) is 5.92 Å². The van der Waals surface area contributed by atoms with Crippen LogP contribution >= 0.6 is 0 Å². The van der Waals surface area contributed by atoms with Gasteiger partial charge < -0.3 is 14.4 Å². The Balaban J connectivity index is 1.42. The van der Waals surface area contributed by atoms with Crippen LogP contribution in [0.4, 0.5) is 9.59 Å². The molecular weight excluding hydrogens is 320 g/mol. The van der Waals surface area contributed by atoms with E-state index in [0.717, 1.165) is 18.4 Å². The zero-order chi connectivity index (χ0) is 17.5. The van der Waals surface area contributed by atoms with Gasteiger partial charge in [-0.1, -0.05) is 30.3 Å². The van der Waals surface area contributed by atoms with Gasteiger partial charge in [0.2, 0.25) is 0 Å². The second-order valence-electron chi connectivity index (χ2n) is 6.18. The summed E-state index contributed by atoms with van der Waals surface area (Å²) >= 11 is 0. The maximum absolute atomic E-state index is 12.2. The number of carbonyl (C=O) groups excluding carboxylic acids is 2. The summed E-state index contributed by atoms with van der Waals surface area (Å²) in [5, 5.41) is 0. The first-order valence-corrected chi connectivity index (χ1v) is 8.48. The summed E-state index contributed by atoms with van der Waals surface area (Å²) in [5.41, 5.74) is 0.978. The van der Waals surface area contributed by atoms with Crippen LogP contribution in [0.15, 0.2) is 54.9 Å². The van der Waals surface area contributed by atoms with E-state index in [9.17, 15) is 9.59 Å². The van der Waals surface area contributed by atoms with Gasteiger partial charge in [-0.3, -0.25) is 4.90 Å². The van der Waals surface area contributed by atoms with Crippen molar-refractivity contribution in [3.05, 3.63) is 60.5 Å². The van der Waals surface area contributed by atoms with Crippen molar-refractivity contribution in [2.45, 2.75) is 19.4 Å². The molecule has 0 bridgehead atoms. The SMILES string of the molecule is O=C1OC=CC=CN1CC1CCN(C(=O)OCc2ccccc2)CC1. The summed E-state index contributed by atoms with van der Waals surface area (Å²) in [4.78, 5) is 27.3. The number of benzene rings is 1. The molecule has 0 N–H and O–H groups in total. The molecule has 1 fully saturated rings. The van der Waals surface area contributed by atoms with Crippen molar-refractivity contribution in [1.82, 2.24) is 9.80 Å². The van der Waals surface area contributed by atoms with E-state index in [0.29, 0.717) is 25.6 Å². The zero-order valence-corrected chi connectivity index (χ0v) is 14.0. The van der Waals surface area contributed by atoms with Crippen LogP contribution in [0.3, 0.4) is 0 Å². The number of carbonyl (C=O) groups is 2. The smallest absolute Gasteiger partial charge is 0.418 e. The number of hydrogen-bond acceptors (Lipinski definition) is 4. The lowest BCUT2D eigenvalue weighted by atomic mass is 9.96. The fourth-order valence-electron chi connectivity index (χ4n) is 2.95. The van der Waals surface area contributed by atoms with Gasteiger partial charge >= 0.3 is 12.2 Å². The van der Waals surface area contributed by atoms with Crippen molar-refractivity contribution in [3.8, 4) is 0 Å². The maximum Gasteiger partial charge on any atom is 0.418 e. The van der Waals surface area contributed by atoms with Gasteiger partial charge in [0.15, 0.2) is 0 Å². The van der Waals surface area contributed by atoms with Crippen molar-refractivity contribution in [1.29, 1.82) is 0 Å². The molecule has 1 saturated heterocycles. The van der Waals surface area contributed by atoms with Gasteiger partial charge in [0.25, 0.3) is 0 Å². The number of amides is 2. The molecule has 0 radical (unpaired) electrons. The Labute approximate surface area is 147 Å². The fourth-order valence-corrected chi connectivity index (χ4v) is 2.95. The number of allylic oxidation sites excluding steroid dienone is 2. The highest BCUT2D eigenvalue weighted by molar-refractivity contribution is 5.70. The molecule has 2 aliphatic heterocycles. The lowest BCUT2D eigenvalue weighted by Crippen LogP contribution is -2.41. The van der Waals surface area contributed by atoms with Gasteiger partial charge in [0.1, 0.15) is 6.61 Å². The minimum absolute atomic E-state index is 0.277. The van der Waals surface area contributed by atoms with E-state index in [1.54, 1.807) is 28.2 Å². The Hall–Kier alpha value is -2.76. The number of cyclic esters (lactones) is 1. The van der Waals surface area contributed by atoms with Crippen LogP contribution in [-0.4, -0.2) is 41.6 Å². The predicted molar refractivity (Wildman–Crippen MR) is 92.4 cm³/mol. The average molecular weight is 342 g/mol. The summed E-state index contributed by atoms with van der Waals surface area (Å²) in [7, 11) is 0. The maximum atomic E-state index is 12.2. The second-order valence-corrected chi connectivity index (χ2v) is 6.18. The van der Waals surface area contributed by atoms with Crippen LogP contribution in [0, 0.1) is 5.92 Å². The monoisotopic (exact) mass is 342 g/mol. The van der Waals surface area contributed by atoms with Gasteiger partial charge in [-0.05, 0) is 36.5 Å². The van der Waals surface area contributed by atoms with E-state index in [2.05, 4.69) is 0 Å². The van der Waals surface area contributed by atoms with Crippen molar-refractivity contribution >= 4 is 12.2 Å². The number of rotatable bonds is 4. The predicted octanol–water partition coefficient (Wildman–Crippen LogP) is 3.51. The molecule has 0 saturated carbocycles. The van der Waals surface area contributed by atoms with Crippen LogP contribution < -0.4 is 0 Å². The van der Waals surface area contributed by atoms with Crippen LogP contribution in [0.2, 0.25) is 0 Å². The fraction of sp³-hybridized carbons (Fsp3) is 0.368. The highest BCUT2D eigenvalue weighted by Gasteiger charge is 2.26. The average Bonchev–Trinajstić information content (AvgIpc) is 2.86. The van der Waals surface area contributed by atoms with Gasteiger partial charge in [-0.2, -0.15) is 0 Å². The Morgan fingerprint density at radius 1 is 1.16 bits per heavy atom. The minimum Gasteiger partial charge on any atom is -0.445 e. The third-order valence-corrected chi connectivity index (χ3v) is 4.39. The third kappa shape index (κ3) is 4.86. The van der Waals surface area contributed by atoms with E-state index in [1.807, 2.05) is 30.3 Å². The van der Waals surface area contributed by atoms with Gasteiger partial charge in [-0.15, -0.1) is 0 Å². The standard InChI is InChI=1S/C19H22N2O4/c22-18(25-15-17-6-2-1-3-7-17)20-11-8-16(9-12-20)14-21-10-4-5-13-24-19(21)23/h1-7,10,13,16H,8-9,11-12,14-15H2. The number of hydrogen-bond donors (Lipinski definition) is 0. The quantitative estimate of drug-likeness (QED) is 0.840. The van der Waals surface area contributed by atoms with Gasteiger partial charge in [-0.25, -0.2) is 9.59 Å². The Morgan fingerprint density at radius 3 is 2.68 bits per heavy atom. The molecule has 1 aromatic rings. The zero-order valence-electron chi connectivity index (χ0n) is 14.0. The molecule has 3 rings (SSSR count). The summed E-state index contributed by atoms with van der Waals surface area (Å²) in [5.74, 6) is 0.341. The summed E-state index contributed by atoms with van der Waals surface area (Å²) in [6.07, 6.45) is 7.60. The lowest BCUT2D eigenvalue weighted by molar-refractivity contribution is 0.0784. The molecule has 0 unspecified atom stereocenters. The molecule has 0 aromatic heterocycles. The molecular formula is C19H22N2O4. The molecule has 6 heteroatoms. The van der Waals surface area contributed by atoms with E-state index in [1.165, 1.54) is 6.26 Å². The largest absolute Gasteiger partial charge is 0.445 e. The Bertz CT molecular complexity index is 649. The Kier molecular flexibility index (Phi) is 5.72. The summed E-state index contributed by atoms with van der Waals surface area (Å²) in [6, 6.07) is 9.64. The number of nitrogens with zero attached hydrogens (tertiary/aromatic N) is 2. The van der Waals surface area contributed by atoms with Crippen molar-refractivity contribution in [3.63, 3.8) is 0 Å². The molecule has 0 spiro atoms. The number of ether oxygens (including phenoxy) is 2. The van der Waals surface area contributed by atoms with Gasteiger partial charge in [0, 0.05) is 25.8 Å². The first kappa shape index (κ1) is 17.1. The van der Waals surface area contributed by atoms with Gasteiger partial charge in [0.05, 0.1) is 6.26 Å². The molecule has 132 valence electrons. The molecule has 6 nitrogen and oxygen atoms in total. The van der Waals surface area contributed by atoms with Crippen molar-refractivity contribution in [2.75, 3.05) is 19.6 Å². The lowest BCUT2D eigenvalue weighted by Gasteiger charge is -2.33. The first-order valence-electron chi connectivity index (χ1n) is 8.48. The van der Waals surface area contributed by atoms with Crippen LogP contribution in [-0.2, 0) is 16.1 Å².